The van der Waals surface area contributed by atoms with Gasteiger partial charge in [-0.25, -0.2) is 0 Å². The van der Waals surface area contributed by atoms with Gasteiger partial charge in [0, 0.05) is 22.4 Å². The zero-order chi connectivity index (χ0) is 0. The third kappa shape index (κ3) is 9.07. The van der Waals surface area contributed by atoms with E-state index in [0.717, 1.165) is 0 Å². The predicted molar refractivity (Wildman–Crippen MR) is 17.2 cm³/mol. The standard InChI is InChI=1S/Ca.H3N.H2O.Ta.2H/h;1H3;1H2;;;. The van der Waals surface area contributed by atoms with Crippen LogP contribution < -0.4 is 6.15 Å². The van der Waals surface area contributed by atoms with Crippen molar-refractivity contribution in [3.63, 3.8) is 0 Å². The van der Waals surface area contributed by atoms with E-state index >= 15 is 0 Å². The zero-order valence-electron chi connectivity index (χ0n) is 1.65. The van der Waals surface area contributed by atoms with Crippen LogP contribution in [0.1, 0.15) is 0 Å². The number of hydrogen-bond donors (Lipinski definition) is 1. The van der Waals surface area contributed by atoms with Crippen molar-refractivity contribution in [2.45, 2.75) is 0 Å². The minimum atomic E-state index is 0. The van der Waals surface area contributed by atoms with Gasteiger partial charge in [-0.05, 0) is 0 Å². The van der Waals surface area contributed by atoms with Crippen LogP contribution in [0.25, 0.3) is 0 Å². The van der Waals surface area contributed by atoms with Gasteiger partial charge in [0.15, 0.2) is 0 Å². The Kier molecular flexibility index (Phi) is 199. The second-order valence-electron chi connectivity index (χ2n) is 0. The quantitative estimate of drug-likeness (QED) is 0.523. The summed E-state index contributed by atoms with van der Waals surface area (Å²) >= 11 is 0. The van der Waals surface area contributed by atoms with Crippen molar-refractivity contribution in [3.8, 4) is 0 Å². The zero-order valence-corrected chi connectivity index (χ0v) is 4.87. The topological polar surface area (TPSA) is 66.5 Å². The number of hydrogen-bond acceptors (Lipinski definition) is 1. The molecule has 0 unspecified atom stereocenters. The summed E-state index contributed by atoms with van der Waals surface area (Å²) in [7, 11) is 0. The van der Waals surface area contributed by atoms with Gasteiger partial charge < -0.3 is 11.6 Å². The van der Waals surface area contributed by atoms with Crippen LogP contribution in [0.4, 0.5) is 0 Å². The summed E-state index contributed by atoms with van der Waals surface area (Å²) < 4.78 is 0. The van der Waals surface area contributed by atoms with Gasteiger partial charge in [0.1, 0.15) is 0 Å². The van der Waals surface area contributed by atoms with Crippen molar-refractivity contribution < 1.29 is 27.9 Å². The van der Waals surface area contributed by atoms with Crippen molar-refractivity contribution in [2.75, 3.05) is 0 Å². The molecule has 0 aliphatic rings. The average molecular weight is 258 g/mol. The molecular formula is H7CaNOTa. The SMILES string of the molecule is N.O.[CaH2].[Ta]. The van der Waals surface area contributed by atoms with E-state index in [2.05, 4.69) is 0 Å². The van der Waals surface area contributed by atoms with Gasteiger partial charge in [0.05, 0.1) is 0 Å². The van der Waals surface area contributed by atoms with E-state index in [1.165, 1.54) is 0 Å². The fourth-order valence-corrected chi connectivity index (χ4v) is 0. The Morgan fingerprint density at radius 3 is 1.00 bits per heavy atom. The first-order valence-corrected chi connectivity index (χ1v) is 0. The second-order valence-corrected chi connectivity index (χ2v) is 0. The summed E-state index contributed by atoms with van der Waals surface area (Å²) in [5, 5.41) is 0. The first-order valence-electron chi connectivity index (χ1n) is 0. The van der Waals surface area contributed by atoms with Crippen LogP contribution in [0.15, 0.2) is 0 Å². The van der Waals surface area contributed by atoms with Crippen LogP contribution in [0.2, 0.25) is 0 Å². The normalized spacial score (nSPS) is 0. The molecule has 0 aromatic carbocycles. The largest absolute Gasteiger partial charge is 0 e. The summed E-state index contributed by atoms with van der Waals surface area (Å²) in [5.41, 5.74) is 0. The third-order valence-corrected chi connectivity index (χ3v) is 0. The molecule has 0 saturated heterocycles. The maximum atomic E-state index is 0. The molecule has 0 saturated carbocycles. The molecule has 0 aliphatic heterocycles. The molecular weight excluding hydrogens is 251 g/mol. The minimum Gasteiger partial charge on any atom is 0 e. The summed E-state index contributed by atoms with van der Waals surface area (Å²) in [4.78, 5) is 0. The Morgan fingerprint density at radius 1 is 1.00 bits per heavy atom. The first-order chi connectivity index (χ1) is 0. The first kappa shape index (κ1) is 38.9. The van der Waals surface area contributed by atoms with Crippen LogP contribution in [0, 0.1) is 0 Å². The fourth-order valence-electron chi connectivity index (χ4n) is 0. The van der Waals surface area contributed by atoms with Gasteiger partial charge in [-0.1, -0.05) is 0 Å². The van der Waals surface area contributed by atoms with Gasteiger partial charge in [-0.15, -0.1) is 0 Å². The van der Waals surface area contributed by atoms with E-state index in [9.17, 15) is 0 Å². The van der Waals surface area contributed by atoms with Crippen molar-refractivity contribution in [2.24, 2.45) is 0 Å². The fraction of sp³-hybridized carbons (Fsp3) is 0. The molecule has 0 fully saturated rings. The maximum Gasteiger partial charge on any atom is 0 e. The van der Waals surface area contributed by atoms with E-state index in [0.29, 0.717) is 0 Å². The monoisotopic (exact) mass is 258 g/mol. The predicted octanol–water partition coefficient (Wildman–Crippen LogP) is -1.58. The van der Waals surface area contributed by atoms with Gasteiger partial charge >= 0.3 is 37.7 Å². The number of rotatable bonds is 0. The summed E-state index contributed by atoms with van der Waals surface area (Å²) in [6.07, 6.45) is 0. The molecule has 0 heterocycles. The Balaban J connectivity index is 0. The minimum absolute atomic E-state index is 0. The molecule has 25 valence electrons. The van der Waals surface area contributed by atoms with Crippen LogP contribution >= 0.6 is 0 Å². The molecule has 0 bridgehead atoms. The van der Waals surface area contributed by atoms with Crippen molar-refractivity contribution in [3.05, 3.63) is 0 Å². The molecule has 4 heavy (non-hydrogen) atoms. The molecule has 0 rings (SSSR count). The molecule has 0 aromatic rings. The van der Waals surface area contributed by atoms with Crippen molar-refractivity contribution in [1.82, 2.24) is 6.15 Å². The molecule has 0 spiro atoms. The maximum absolute atomic E-state index is 0. The average Bonchev–Trinajstić information content (AvgIpc) is 0. The molecule has 5 N–H and O–H groups in total. The Hall–Kier alpha value is 1.92. The molecule has 0 amide bonds. The Labute approximate surface area is 70.7 Å². The molecule has 0 aromatic heterocycles. The van der Waals surface area contributed by atoms with Crippen LogP contribution in [-0.2, 0) is 22.4 Å². The van der Waals surface area contributed by atoms with E-state index in [4.69, 9.17) is 0 Å². The molecule has 1 radical (unpaired) electrons. The van der Waals surface area contributed by atoms with Crippen molar-refractivity contribution >= 4 is 37.7 Å². The van der Waals surface area contributed by atoms with E-state index in [1.807, 2.05) is 0 Å². The van der Waals surface area contributed by atoms with E-state index < -0.39 is 0 Å². The van der Waals surface area contributed by atoms with Crippen molar-refractivity contribution in [1.29, 1.82) is 0 Å². The smallest absolute Gasteiger partial charge is 0 e. The van der Waals surface area contributed by atoms with Gasteiger partial charge in [0.25, 0.3) is 0 Å². The summed E-state index contributed by atoms with van der Waals surface area (Å²) in [5.74, 6) is 0. The molecule has 0 aliphatic carbocycles. The van der Waals surface area contributed by atoms with Gasteiger partial charge in [-0.2, -0.15) is 0 Å². The summed E-state index contributed by atoms with van der Waals surface area (Å²) in [6.45, 7) is 0. The van der Waals surface area contributed by atoms with Crippen LogP contribution in [0.5, 0.6) is 0 Å². The van der Waals surface area contributed by atoms with Gasteiger partial charge in [-0.3, -0.25) is 0 Å². The van der Waals surface area contributed by atoms with Crippen LogP contribution in [-0.4, -0.2) is 43.2 Å². The molecule has 4 heteroatoms. The van der Waals surface area contributed by atoms with E-state index in [1.54, 1.807) is 0 Å². The van der Waals surface area contributed by atoms with E-state index in [-0.39, 0.29) is 71.7 Å². The van der Waals surface area contributed by atoms with Crippen LogP contribution in [0.3, 0.4) is 0 Å². The Bertz CT molecular complexity index is 8.00. The second kappa shape index (κ2) is 20.5. The Morgan fingerprint density at radius 2 is 1.00 bits per heavy atom. The van der Waals surface area contributed by atoms with Gasteiger partial charge in [0.2, 0.25) is 0 Å². The third-order valence-electron chi connectivity index (χ3n) is 0. The molecule has 2 nitrogen and oxygen atoms in total. The summed E-state index contributed by atoms with van der Waals surface area (Å²) in [6, 6.07) is 0. The molecule has 0 atom stereocenters.